The van der Waals surface area contributed by atoms with E-state index in [2.05, 4.69) is 0 Å². The van der Waals surface area contributed by atoms with E-state index in [0.717, 1.165) is 0 Å². The molecule has 1 nitrogen and oxygen atoms in total. The molecule has 0 aliphatic carbocycles. The van der Waals surface area contributed by atoms with E-state index in [1.165, 1.54) is 0 Å². The van der Waals surface area contributed by atoms with Gasteiger partial charge in [-0.3, -0.25) is 0 Å². The van der Waals surface area contributed by atoms with Crippen molar-refractivity contribution in [3.05, 3.63) is 0 Å². The van der Waals surface area contributed by atoms with Crippen molar-refractivity contribution in [1.82, 2.24) is 0 Å². The second-order valence-corrected chi connectivity index (χ2v) is 0. The van der Waals surface area contributed by atoms with Crippen LogP contribution in [0.2, 0.25) is 0 Å². The largest absolute Gasteiger partial charge is 4.00 e. The summed E-state index contributed by atoms with van der Waals surface area (Å²) in [5.41, 5.74) is 0. The molecular formula is CaOTiY+7. The third-order valence-electron chi connectivity index (χ3n) is 0. The summed E-state index contributed by atoms with van der Waals surface area (Å²) < 4.78 is 0. The Morgan fingerprint density at radius 3 is 1.00 bits per heavy atom. The maximum atomic E-state index is 0. The van der Waals surface area contributed by atoms with Crippen LogP contribution in [0.5, 0.6) is 0 Å². The molecule has 0 saturated heterocycles. The van der Waals surface area contributed by atoms with E-state index in [-0.39, 0.29) is 97.6 Å². The van der Waals surface area contributed by atoms with Crippen LogP contribution in [0.1, 0.15) is 0 Å². The number of hydrogen-bond donors (Lipinski definition) is 0. The minimum absolute atomic E-state index is 0. The monoisotopic (exact) mass is 193 g/mol. The zero-order valence-electron chi connectivity index (χ0n) is 2.19. The molecule has 0 saturated carbocycles. The summed E-state index contributed by atoms with van der Waals surface area (Å²) in [5.74, 6) is 0. The minimum atomic E-state index is 0. The first-order chi connectivity index (χ1) is 0. The molecule has 4 heavy (non-hydrogen) atoms. The van der Waals surface area contributed by atoms with E-state index in [4.69, 9.17) is 0 Å². The summed E-state index contributed by atoms with van der Waals surface area (Å²) in [6.45, 7) is 0. The second-order valence-electron chi connectivity index (χ2n) is 0. The second kappa shape index (κ2) is 16.6. The first kappa shape index (κ1) is 27.8. The van der Waals surface area contributed by atoms with Crippen LogP contribution in [0.25, 0.3) is 0 Å². The third kappa shape index (κ3) is 8.90. The molecule has 0 fully saturated rings. The Balaban J connectivity index is 0. The first-order valence-corrected chi connectivity index (χ1v) is 0. The Bertz CT molecular complexity index is 8.00. The summed E-state index contributed by atoms with van der Waals surface area (Å²) in [4.78, 5) is 0. The van der Waals surface area contributed by atoms with Crippen LogP contribution in [0.3, 0.4) is 0 Å². The normalized spacial score (nSPS) is 0. The van der Waals surface area contributed by atoms with Gasteiger partial charge >= 0.3 is 92.2 Å². The van der Waals surface area contributed by atoms with Gasteiger partial charge in [-0.1, -0.05) is 0 Å². The molecular weight excluding hydrogens is 193 g/mol. The molecule has 4 heteroatoms. The summed E-state index contributed by atoms with van der Waals surface area (Å²) in [7, 11) is 0. The Hall–Kier alpha value is 3.04. The van der Waals surface area contributed by atoms with E-state index in [1.807, 2.05) is 0 Å². The molecule has 0 aromatic heterocycles. The Morgan fingerprint density at radius 1 is 1.00 bits per heavy atom. The van der Waals surface area contributed by atoms with Crippen molar-refractivity contribution in [3.63, 3.8) is 0 Å². The van der Waals surface area contributed by atoms with Crippen LogP contribution in [0, 0.1) is 0 Å². The molecule has 0 rings (SSSR count). The molecule has 0 spiro atoms. The van der Waals surface area contributed by atoms with Crippen molar-refractivity contribution >= 4 is 37.7 Å². The molecule has 0 heterocycles. The van der Waals surface area contributed by atoms with E-state index >= 15 is 0 Å². The van der Waals surface area contributed by atoms with Crippen LogP contribution >= 0.6 is 0 Å². The topological polar surface area (TPSA) is 28.5 Å². The quantitative estimate of drug-likeness (QED) is 0.463. The van der Waals surface area contributed by atoms with Crippen molar-refractivity contribution in [2.24, 2.45) is 0 Å². The zero-order chi connectivity index (χ0) is 0. The van der Waals surface area contributed by atoms with E-state index in [0.29, 0.717) is 0 Å². The standard InChI is InChI=1S/Ca.O.Ti.Y/q+2;-2;+4;+3. The first-order valence-electron chi connectivity index (χ1n) is 0. The fraction of sp³-hybridized carbons (Fsp3) is 0. The smallest absolute Gasteiger partial charge is 2.00 e. The molecule has 0 radical (unpaired) electrons. The van der Waals surface area contributed by atoms with Gasteiger partial charge in [0.1, 0.15) is 0 Å². The van der Waals surface area contributed by atoms with Gasteiger partial charge in [0.05, 0.1) is 0 Å². The molecule has 0 aromatic carbocycles. The molecule has 0 N–H and O–H groups in total. The molecule has 0 aliphatic heterocycles. The van der Waals surface area contributed by atoms with Crippen LogP contribution in [-0.4, -0.2) is 37.7 Å². The van der Waals surface area contributed by atoms with E-state index in [9.17, 15) is 0 Å². The Morgan fingerprint density at radius 2 is 1.00 bits per heavy atom. The molecule has 8 valence electrons. The molecule has 0 unspecified atom stereocenters. The predicted molar refractivity (Wildman–Crippen MR) is 6.44 cm³/mol. The fourth-order valence-corrected chi connectivity index (χ4v) is 0. The van der Waals surface area contributed by atoms with Crippen molar-refractivity contribution in [3.8, 4) is 0 Å². The van der Waals surface area contributed by atoms with E-state index < -0.39 is 0 Å². The maximum Gasteiger partial charge on any atom is 4.00 e. The fourth-order valence-electron chi connectivity index (χ4n) is 0. The van der Waals surface area contributed by atoms with Gasteiger partial charge in [-0.2, -0.15) is 0 Å². The van der Waals surface area contributed by atoms with Gasteiger partial charge in [-0.25, -0.2) is 0 Å². The summed E-state index contributed by atoms with van der Waals surface area (Å²) in [5, 5.41) is 0. The summed E-state index contributed by atoms with van der Waals surface area (Å²) in [6.07, 6.45) is 0. The summed E-state index contributed by atoms with van der Waals surface area (Å²) >= 11 is 0. The maximum absolute atomic E-state index is 0. The number of hydrogen-bond acceptors (Lipinski definition) is 0. The van der Waals surface area contributed by atoms with Gasteiger partial charge in [-0.05, 0) is 0 Å². The zero-order valence-corrected chi connectivity index (χ0v) is 8.80. The van der Waals surface area contributed by atoms with E-state index in [1.54, 1.807) is 0 Å². The van der Waals surface area contributed by atoms with Crippen LogP contribution in [-0.2, 0) is 59.9 Å². The average Bonchev–Trinajstić information content (AvgIpc) is 0. The average molecular weight is 193 g/mol. The van der Waals surface area contributed by atoms with Gasteiger partial charge in [-0.15, -0.1) is 0 Å². The molecule has 0 atom stereocenters. The number of rotatable bonds is 0. The predicted octanol–water partition coefficient (Wildman–Crippen LogP) is -0.505. The van der Waals surface area contributed by atoms with Crippen molar-refractivity contribution in [2.45, 2.75) is 0 Å². The van der Waals surface area contributed by atoms with Crippen LogP contribution in [0.15, 0.2) is 0 Å². The van der Waals surface area contributed by atoms with Gasteiger partial charge in [0, 0.05) is 0 Å². The molecule has 0 aromatic rings. The Kier molecular flexibility index (Phi) is 115. The van der Waals surface area contributed by atoms with Gasteiger partial charge < -0.3 is 5.48 Å². The van der Waals surface area contributed by atoms with Gasteiger partial charge in [0.15, 0.2) is 0 Å². The van der Waals surface area contributed by atoms with Gasteiger partial charge in [0.25, 0.3) is 0 Å². The Labute approximate surface area is 95.4 Å². The SMILES string of the molecule is [Ca+2].[O-2].[Ti+4].[Y+3]. The van der Waals surface area contributed by atoms with Crippen LogP contribution < -0.4 is 0 Å². The molecule has 0 aliphatic rings. The van der Waals surface area contributed by atoms with Crippen LogP contribution in [0.4, 0.5) is 0 Å². The molecule has 0 amide bonds. The van der Waals surface area contributed by atoms with Crippen molar-refractivity contribution in [2.75, 3.05) is 0 Å². The minimum Gasteiger partial charge on any atom is -2.00 e. The van der Waals surface area contributed by atoms with Crippen molar-refractivity contribution in [1.29, 1.82) is 0 Å². The van der Waals surface area contributed by atoms with Gasteiger partial charge in [0.2, 0.25) is 0 Å². The van der Waals surface area contributed by atoms with Crippen molar-refractivity contribution < 1.29 is 59.9 Å². The summed E-state index contributed by atoms with van der Waals surface area (Å²) in [6, 6.07) is 0. The third-order valence-corrected chi connectivity index (χ3v) is 0. The molecule has 0 bridgehead atoms.